The van der Waals surface area contributed by atoms with Gasteiger partial charge < -0.3 is 4.74 Å². The maximum atomic E-state index is 5.92. The number of hydrogen-bond acceptors (Lipinski definition) is 3. The number of aromatic nitrogens is 3. The van der Waals surface area contributed by atoms with Gasteiger partial charge in [0, 0.05) is 16.6 Å². The Morgan fingerprint density at radius 1 is 1.37 bits per heavy atom. The SMILES string of the molecule is CC(C)n1ncnc1COc1ccc(Cl)cc1CCl. The minimum Gasteiger partial charge on any atom is -0.485 e. The third-order valence-electron chi connectivity index (χ3n) is 2.66. The Bertz CT molecular complexity index is 555. The zero-order valence-electron chi connectivity index (χ0n) is 10.8. The molecule has 2 aromatic rings. The minimum absolute atomic E-state index is 0.249. The number of alkyl halides is 1. The number of benzene rings is 1. The molecule has 6 heteroatoms. The van der Waals surface area contributed by atoms with Gasteiger partial charge in [0.25, 0.3) is 0 Å². The van der Waals surface area contributed by atoms with Crippen molar-refractivity contribution in [3.05, 3.63) is 40.9 Å². The molecule has 0 radical (unpaired) electrons. The fourth-order valence-electron chi connectivity index (χ4n) is 1.74. The largest absolute Gasteiger partial charge is 0.485 e. The maximum absolute atomic E-state index is 5.92. The quantitative estimate of drug-likeness (QED) is 0.788. The third-order valence-corrected chi connectivity index (χ3v) is 3.18. The van der Waals surface area contributed by atoms with Gasteiger partial charge in [0.15, 0.2) is 5.82 Å². The molecular weight excluding hydrogens is 285 g/mol. The van der Waals surface area contributed by atoms with Crippen molar-refractivity contribution in [2.24, 2.45) is 0 Å². The van der Waals surface area contributed by atoms with E-state index in [1.165, 1.54) is 6.33 Å². The average Bonchev–Trinajstić information content (AvgIpc) is 2.85. The minimum atomic E-state index is 0.249. The Morgan fingerprint density at radius 2 is 2.16 bits per heavy atom. The van der Waals surface area contributed by atoms with E-state index < -0.39 is 0 Å². The predicted octanol–water partition coefficient (Wildman–Crippen LogP) is 3.83. The van der Waals surface area contributed by atoms with Crippen molar-refractivity contribution in [3.8, 4) is 5.75 Å². The molecule has 102 valence electrons. The second-order valence-corrected chi connectivity index (χ2v) is 5.09. The lowest BCUT2D eigenvalue weighted by Gasteiger charge is -2.12. The second kappa shape index (κ2) is 6.26. The smallest absolute Gasteiger partial charge is 0.165 e. The van der Waals surface area contributed by atoms with Gasteiger partial charge in [0.2, 0.25) is 0 Å². The summed E-state index contributed by atoms with van der Waals surface area (Å²) >= 11 is 11.8. The molecule has 1 heterocycles. The molecule has 4 nitrogen and oxygen atoms in total. The Hall–Kier alpha value is -1.26. The zero-order valence-corrected chi connectivity index (χ0v) is 12.3. The van der Waals surface area contributed by atoms with Crippen LogP contribution >= 0.6 is 23.2 Å². The van der Waals surface area contributed by atoms with Crippen LogP contribution in [-0.2, 0) is 12.5 Å². The lowest BCUT2D eigenvalue weighted by atomic mass is 10.2. The summed E-state index contributed by atoms with van der Waals surface area (Å²) in [6.45, 7) is 4.44. The van der Waals surface area contributed by atoms with Crippen LogP contribution in [0.5, 0.6) is 5.75 Å². The van der Waals surface area contributed by atoms with Crippen molar-refractivity contribution in [1.82, 2.24) is 14.8 Å². The summed E-state index contributed by atoms with van der Waals surface area (Å²) in [6.07, 6.45) is 1.53. The number of nitrogens with zero attached hydrogens (tertiary/aromatic N) is 3. The van der Waals surface area contributed by atoms with E-state index in [4.69, 9.17) is 27.9 Å². The predicted molar refractivity (Wildman–Crippen MR) is 75.7 cm³/mol. The Labute approximate surface area is 122 Å². The van der Waals surface area contributed by atoms with Crippen LogP contribution in [0.1, 0.15) is 31.3 Å². The Morgan fingerprint density at radius 3 is 2.84 bits per heavy atom. The lowest BCUT2D eigenvalue weighted by molar-refractivity contribution is 0.280. The monoisotopic (exact) mass is 299 g/mol. The molecule has 19 heavy (non-hydrogen) atoms. The molecule has 2 rings (SSSR count). The van der Waals surface area contributed by atoms with Crippen molar-refractivity contribution < 1.29 is 4.74 Å². The average molecular weight is 300 g/mol. The van der Waals surface area contributed by atoms with Gasteiger partial charge in [-0.05, 0) is 32.0 Å². The van der Waals surface area contributed by atoms with Gasteiger partial charge in [0.05, 0.1) is 5.88 Å². The summed E-state index contributed by atoms with van der Waals surface area (Å²) in [5, 5.41) is 4.81. The van der Waals surface area contributed by atoms with Crippen LogP contribution < -0.4 is 4.74 Å². The first-order valence-corrected chi connectivity index (χ1v) is 6.88. The van der Waals surface area contributed by atoms with Gasteiger partial charge in [-0.15, -0.1) is 11.6 Å². The summed E-state index contributed by atoms with van der Waals surface area (Å²) in [5.41, 5.74) is 0.866. The summed E-state index contributed by atoms with van der Waals surface area (Å²) in [5.74, 6) is 1.86. The van der Waals surface area contributed by atoms with E-state index in [0.717, 1.165) is 17.1 Å². The van der Waals surface area contributed by atoms with E-state index >= 15 is 0 Å². The first-order chi connectivity index (χ1) is 9.11. The van der Waals surface area contributed by atoms with Gasteiger partial charge in [-0.25, -0.2) is 9.67 Å². The highest BCUT2D eigenvalue weighted by Gasteiger charge is 2.10. The standard InChI is InChI=1S/C13H15Cl2N3O/c1-9(2)18-13(16-8-17-18)7-19-12-4-3-11(15)5-10(12)6-14/h3-5,8-9H,6-7H2,1-2H3. The summed E-state index contributed by atoms with van der Waals surface area (Å²) in [7, 11) is 0. The number of hydrogen-bond donors (Lipinski definition) is 0. The van der Waals surface area contributed by atoms with Crippen LogP contribution in [-0.4, -0.2) is 14.8 Å². The fourth-order valence-corrected chi connectivity index (χ4v) is 2.15. The highest BCUT2D eigenvalue weighted by atomic mass is 35.5. The molecule has 0 bridgehead atoms. The van der Waals surface area contributed by atoms with Crippen molar-refractivity contribution in [2.75, 3.05) is 0 Å². The first kappa shape index (κ1) is 14.2. The first-order valence-electron chi connectivity index (χ1n) is 5.97. The van der Waals surface area contributed by atoms with Gasteiger partial charge in [-0.1, -0.05) is 11.6 Å². The van der Waals surface area contributed by atoms with Crippen LogP contribution in [0.15, 0.2) is 24.5 Å². The van der Waals surface area contributed by atoms with Crippen molar-refractivity contribution in [2.45, 2.75) is 32.4 Å². The highest BCUT2D eigenvalue weighted by molar-refractivity contribution is 6.30. The second-order valence-electron chi connectivity index (χ2n) is 4.39. The van der Waals surface area contributed by atoms with Crippen LogP contribution in [0, 0.1) is 0 Å². The maximum Gasteiger partial charge on any atom is 0.165 e. The molecule has 0 fully saturated rings. The van der Waals surface area contributed by atoms with Gasteiger partial charge in [-0.2, -0.15) is 5.10 Å². The van der Waals surface area contributed by atoms with E-state index in [9.17, 15) is 0 Å². The summed E-state index contributed by atoms with van der Waals surface area (Å²) < 4.78 is 7.58. The van der Waals surface area contributed by atoms with E-state index in [1.807, 2.05) is 24.6 Å². The van der Waals surface area contributed by atoms with Crippen molar-refractivity contribution in [1.29, 1.82) is 0 Å². The molecule has 1 aromatic carbocycles. The topological polar surface area (TPSA) is 39.9 Å². The highest BCUT2D eigenvalue weighted by Crippen LogP contribution is 2.25. The van der Waals surface area contributed by atoms with Crippen LogP contribution in [0.3, 0.4) is 0 Å². The Balaban J connectivity index is 2.12. The van der Waals surface area contributed by atoms with Crippen LogP contribution in [0.25, 0.3) is 0 Å². The number of rotatable bonds is 5. The third kappa shape index (κ3) is 3.39. The fraction of sp³-hybridized carbons (Fsp3) is 0.385. The van der Waals surface area contributed by atoms with Crippen LogP contribution in [0.2, 0.25) is 5.02 Å². The van der Waals surface area contributed by atoms with E-state index in [2.05, 4.69) is 10.1 Å². The number of halogens is 2. The molecule has 0 saturated carbocycles. The van der Waals surface area contributed by atoms with Crippen molar-refractivity contribution in [3.63, 3.8) is 0 Å². The van der Waals surface area contributed by atoms with E-state index in [0.29, 0.717) is 17.5 Å². The number of ether oxygens (including phenoxy) is 1. The van der Waals surface area contributed by atoms with E-state index in [1.54, 1.807) is 12.1 Å². The molecule has 1 aromatic heterocycles. The molecular formula is C13H15Cl2N3O. The summed E-state index contributed by atoms with van der Waals surface area (Å²) in [4.78, 5) is 4.19. The van der Waals surface area contributed by atoms with Crippen molar-refractivity contribution >= 4 is 23.2 Å². The molecule has 0 N–H and O–H groups in total. The van der Waals surface area contributed by atoms with Gasteiger partial charge in [-0.3, -0.25) is 0 Å². The summed E-state index contributed by atoms with van der Waals surface area (Å²) in [6, 6.07) is 5.65. The lowest BCUT2D eigenvalue weighted by Crippen LogP contribution is -2.11. The molecule has 0 aliphatic rings. The molecule has 0 unspecified atom stereocenters. The molecule has 0 saturated heterocycles. The van der Waals surface area contributed by atoms with Crippen LogP contribution in [0.4, 0.5) is 0 Å². The van der Waals surface area contributed by atoms with Gasteiger partial charge >= 0.3 is 0 Å². The molecule has 0 aliphatic carbocycles. The van der Waals surface area contributed by atoms with Gasteiger partial charge in [0.1, 0.15) is 18.7 Å². The normalized spacial score (nSPS) is 11.0. The van der Waals surface area contributed by atoms with E-state index in [-0.39, 0.29) is 6.04 Å². The molecule has 0 amide bonds. The Kier molecular flexibility index (Phi) is 4.66. The molecule has 0 aliphatic heterocycles. The zero-order chi connectivity index (χ0) is 13.8. The molecule has 0 spiro atoms. The molecule has 0 atom stereocenters.